The molecule has 3 rings (SSSR count). The minimum absolute atomic E-state index is 0.141. The highest BCUT2D eigenvalue weighted by molar-refractivity contribution is 5.99. The quantitative estimate of drug-likeness (QED) is 0.755. The minimum atomic E-state index is -4.54. The standard InChI is InChI=1S/C20H23F3N2O4/c21-20(22,23)12-24-17(26)11-29-19(28)15-7-3-2-6-14(15)18(27)25-10-9-13-5-1-4-8-16(13)25/h1,4-5,8,14-15H,2-3,6-7,9-12H2,(H,24,26)/t14-,15-/m1/s1. The average molecular weight is 412 g/mol. The molecule has 1 saturated carbocycles. The van der Waals surface area contributed by atoms with Crippen LogP contribution in [0.25, 0.3) is 0 Å². The number of hydrogen-bond donors (Lipinski definition) is 1. The van der Waals surface area contributed by atoms with Gasteiger partial charge in [-0.15, -0.1) is 0 Å². The number of ether oxygens (including phenoxy) is 1. The highest BCUT2D eigenvalue weighted by atomic mass is 19.4. The molecule has 1 aromatic carbocycles. The number of alkyl halides is 3. The third kappa shape index (κ3) is 5.27. The molecule has 29 heavy (non-hydrogen) atoms. The number of hydrogen-bond acceptors (Lipinski definition) is 4. The van der Waals surface area contributed by atoms with Gasteiger partial charge in [-0.2, -0.15) is 13.2 Å². The lowest BCUT2D eigenvalue weighted by Gasteiger charge is -2.32. The Bertz CT molecular complexity index is 781. The van der Waals surface area contributed by atoms with Crippen LogP contribution in [0.3, 0.4) is 0 Å². The predicted octanol–water partition coefficient (Wildman–Crippen LogP) is 2.60. The van der Waals surface area contributed by atoms with Gasteiger partial charge in [-0.25, -0.2) is 0 Å². The fourth-order valence-electron chi connectivity index (χ4n) is 3.97. The first kappa shape index (κ1) is 21.1. The maximum atomic E-state index is 13.1. The summed E-state index contributed by atoms with van der Waals surface area (Å²) in [5, 5.41) is 1.65. The molecule has 9 heteroatoms. The molecule has 1 heterocycles. The Morgan fingerprint density at radius 3 is 2.52 bits per heavy atom. The second-order valence-corrected chi connectivity index (χ2v) is 7.37. The summed E-state index contributed by atoms with van der Waals surface area (Å²) in [6.45, 7) is -1.72. The second kappa shape index (κ2) is 8.84. The number of anilines is 1. The van der Waals surface area contributed by atoms with E-state index in [2.05, 4.69) is 0 Å². The summed E-state index contributed by atoms with van der Waals surface area (Å²) >= 11 is 0. The van der Waals surface area contributed by atoms with Crippen LogP contribution in [0.5, 0.6) is 0 Å². The van der Waals surface area contributed by atoms with Crippen LogP contribution in [-0.4, -0.2) is 43.7 Å². The van der Waals surface area contributed by atoms with Crippen molar-refractivity contribution in [2.45, 2.75) is 38.3 Å². The minimum Gasteiger partial charge on any atom is -0.455 e. The molecule has 0 spiro atoms. The number of fused-ring (bicyclic) bond motifs is 1. The van der Waals surface area contributed by atoms with E-state index in [0.29, 0.717) is 19.4 Å². The fraction of sp³-hybridized carbons (Fsp3) is 0.550. The van der Waals surface area contributed by atoms with Crippen LogP contribution in [0.1, 0.15) is 31.2 Å². The highest BCUT2D eigenvalue weighted by Gasteiger charge is 2.40. The molecular weight excluding hydrogens is 389 g/mol. The number of nitrogens with one attached hydrogen (secondary N) is 1. The van der Waals surface area contributed by atoms with Crippen LogP contribution in [0, 0.1) is 11.8 Å². The molecule has 6 nitrogen and oxygen atoms in total. The SMILES string of the molecule is O=C(COC(=O)[C@@H]1CCCC[C@H]1C(=O)N1CCc2ccccc21)NCC(F)(F)F. The van der Waals surface area contributed by atoms with E-state index in [1.54, 1.807) is 10.2 Å². The van der Waals surface area contributed by atoms with Gasteiger partial charge >= 0.3 is 12.1 Å². The Labute approximate surface area is 166 Å². The third-order valence-corrected chi connectivity index (χ3v) is 5.37. The smallest absolute Gasteiger partial charge is 0.405 e. The van der Waals surface area contributed by atoms with Gasteiger partial charge in [0.2, 0.25) is 5.91 Å². The van der Waals surface area contributed by atoms with Crippen LogP contribution in [-0.2, 0) is 25.5 Å². The number of carbonyl (C=O) groups excluding carboxylic acids is 3. The molecule has 0 saturated heterocycles. The Morgan fingerprint density at radius 1 is 1.10 bits per heavy atom. The maximum absolute atomic E-state index is 13.1. The van der Waals surface area contributed by atoms with Crippen LogP contribution < -0.4 is 10.2 Å². The second-order valence-electron chi connectivity index (χ2n) is 7.37. The molecule has 0 bridgehead atoms. The fourth-order valence-corrected chi connectivity index (χ4v) is 3.97. The summed E-state index contributed by atoms with van der Waals surface area (Å²) in [4.78, 5) is 38.8. The zero-order chi connectivity index (χ0) is 21.0. The van der Waals surface area contributed by atoms with Crippen molar-refractivity contribution in [3.8, 4) is 0 Å². The van der Waals surface area contributed by atoms with Gasteiger partial charge in [-0.05, 0) is 30.9 Å². The Balaban J connectivity index is 1.60. The summed E-state index contributed by atoms with van der Waals surface area (Å²) in [7, 11) is 0. The van der Waals surface area contributed by atoms with Gasteiger partial charge in [0.25, 0.3) is 5.91 Å². The van der Waals surface area contributed by atoms with E-state index in [0.717, 1.165) is 30.5 Å². The average Bonchev–Trinajstić information content (AvgIpc) is 3.13. The van der Waals surface area contributed by atoms with E-state index in [-0.39, 0.29) is 5.91 Å². The lowest BCUT2D eigenvalue weighted by molar-refractivity contribution is -0.158. The Hall–Kier alpha value is -2.58. The molecular formula is C20H23F3N2O4. The summed E-state index contributed by atoms with van der Waals surface area (Å²) in [5.41, 5.74) is 1.93. The number of carbonyl (C=O) groups is 3. The van der Waals surface area contributed by atoms with Crippen molar-refractivity contribution >= 4 is 23.5 Å². The van der Waals surface area contributed by atoms with Crippen molar-refractivity contribution in [2.24, 2.45) is 11.8 Å². The lowest BCUT2D eigenvalue weighted by atomic mass is 9.78. The molecule has 158 valence electrons. The van der Waals surface area contributed by atoms with Gasteiger partial charge in [-0.1, -0.05) is 31.0 Å². The molecule has 1 N–H and O–H groups in total. The third-order valence-electron chi connectivity index (χ3n) is 5.37. The molecule has 0 aromatic heterocycles. The van der Waals surface area contributed by atoms with Gasteiger partial charge in [0.05, 0.1) is 11.8 Å². The predicted molar refractivity (Wildman–Crippen MR) is 98.0 cm³/mol. The molecule has 1 aromatic rings. The van der Waals surface area contributed by atoms with Crippen molar-refractivity contribution in [1.29, 1.82) is 0 Å². The lowest BCUT2D eigenvalue weighted by Crippen LogP contribution is -2.43. The van der Waals surface area contributed by atoms with Crippen LogP contribution in [0.15, 0.2) is 24.3 Å². The molecule has 2 atom stereocenters. The number of nitrogens with zero attached hydrogens (tertiary/aromatic N) is 1. The van der Waals surface area contributed by atoms with Crippen molar-refractivity contribution in [1.82, 2.24) is 5.32 Å². The van der Waals surface area contributed by atoms with E-state index in [4.69, 9.17) is 4.74 Å². The van der Waals surface area contributed by atoms with Gasteiger partial charge in [0.15, 0.2) is 6.61 Å². The summed E-state index contributed by atoms with van der Waals surface area (Å²) in [5.74, 6) is -3.13. The van der Waals surface area contributed by atoms with Crippen LogP contribution in [0.4, 0.5) is 18.9 Å². The molecule has 0 unspecified atom stereocenters. The highest BCUT2D eigenvalue weighted by Crippen LogP contribution is 2.36. The molecule has 2 amide bonds. The largest absolute Gasteiger partial charge is 0.455 e. The summed E-state index contributed by atoms with van der Waals surface area (Å²) in [6.07, 6.45) is -1.23. The normalized spacial score (nSPS) is 21.4. The zero-order valence-corrected chi connectivity index (χ0v) is 15.8. The molecule has 1 fully saturated rings. The van der Waals surface area contributed by atoms with E-state index in [1.807, 2.05) is 24.3 Å². The van der Waals surface area contributed by atoms with Gasteiger partial charge in [0.1, 0.15) is 6.54 Å². The van der Waals surface area contributed by atoms with Crippen molar-refractivity contribution in [3.05, 3.63) is 29.8 Å². The number of benzene rings is 1. The van der Waals surface area contributed by atoms with Crippen molar-refractivity contribution in [3.63, 3.8) is 0 Å². The number of rotatable bonds is 5. The van der Waals surface area contributed by atoms with Gasteiger partial charge < -0.3 is 15.0 Å². The van der Waals surface area contributed by atoms with E-state index in [1.165, 1.54) is 0 Å². The Kier molecular flexibility index (Phi) is 6.44. The zero-order valence-electron chi connectivity index (χ0n) is 15.8. The first-order valence-electron chi connectivity index (χ1n) is 9.65. The van der Waals surface area contributed by atoms with Gasteiger partial charge in [-0.3, -0.25) is 14.4 Å². The summed E-state index contributed by atoms with van der Waals surface area (Å²) in [6, 6.07) is 7.62. The molecule has 0 radical (unpaired) electrons. The van der Waals surface area contributed by atoms with Gasteiger partial charge in [0, 0.05) is 12.2 Å². The van der Waals surface area contributed by atoms with Crippen LogP contribution >= 0.6 is 0 Å². The number of halogens is 3. The molecule has 1 aliphatic carbocycles. The molecule has 2 aliphatic rings. The van der Waals surface area contributed by atoms with E-state index >= 15 is 0 Å². The number of esters is 1. The van der Waals surface area contributed by atoms with E-state index in [9.17, 15) is 27.6 Å². The maximum Gasteiger partial charge on any atom is 0.405 e. The van der Waals surface area contributed by atoms with Crippen molar-refractivity contribution < 1.29 is 32.3 Å². The Morgan fingerprint density at radius 2 is 1.79 bits per heavy atom. The number of amides is 2. The topological polar surface area (TPSA) is 75.7 Å². The first-order chi connectivity index (χ1) is 13.8. The van der Waals surface area contributed by atoms with E-state index < -0.39 is 43.0 Å². The summed E-state index contributed by atoms with van der Waals surface area (Å²) < 4.78 is 41.3. The molecule has 1 aliphatic heterocycles. The van der Waals surface area contributed by atoms with Crippen LogP contribution in [0.2, 0.25) is 0 Å². The monoisotopic (exact) mass is 412 g/mol. The van der Waals surface area contributed by atoms with Crippen molar-refractivity contribution in [2.75, 3.05) is 24.6 Å². The first-order valence-corrected chi connectivity index (χ1v) is 9.65. The number of para-hydroxylation sites is 1.